The van der Waals surface area contributed by atoms with Crippen molar-refractivity contribution in [1.82, 2.24) is 10.1 Å². The summed E-state index contributed by atoms with van der Waals surface area (Å²) in [6.07, 6.45) is 0. The van der Waals surface area contributed by atoms with E-state index in [0.29, 0.717) is 12.6 Å². The maximum atomic E-state index is 5.50. The zero-order valence-electron chi connectivity index (χ0n) is 10.1. The Morgan fingerprint density at radius 1 is 1.59 bits per heavy atom. The van der Waals surface area contributed by atoms with Crippen LogP contribution in [0.5, 0.6) is 0 Å². The molecule has 2 N–H and O–H groups in total. The molecule has 0 aliphatic heterocycles. The first-order chi connectivity index (χ1) is 8.20. The van der Waals surface area contributed by atoms with E-state index in [2.05, 4.69) is 41.5 Å². The number of hydrogen-bond donors (Lipinski definition) is 1. The van der Waals surface area contributed by atoms with Crippen molar-refractivity contribution >= 4 is 11.3 Å². The summed E-state index contributed by atoms with van der Waals surface area (Å²) in [6.45, 7) is 3.35. The van der Waals surface area contributed by atoms with Crippen LogP contribution in [-0.2, 0) is 13.1 Å². The van der Waals surface area contributed by atoms with Gasteiger partial charge in [0.15, 0.2) is 5.76 Å². The fourth-order valence-corrected chi connectivity index (χ4v) is 2.50. The lowest BCUT2D eigenvalue weighted by atomic mass is 10.2. The molecule has 1 unspecified atom stereocenters. The smallest absolute Gasteiger partial charge is 0.151 e. The molecule has 0 spiro atoms. The van der Waals surface area contributed by atoms with E-state index in [4.69, 9.17) is 10.3 Å². The lowest BCUT2D eigenvalue weighted by molar-refractivity contribution is 0.223. The third-order valence-corrected chi connectivity index (χ3v) is 3.88. The van der Waals surface area contributed by atoms with Crippen molar-refractivity contribution in [3.63, 3.8) is 0 Å². The predicted molar refractivity (Wildman–Crippen MR) is 68.6 cm³/mol. The highest BCUT2D eigenvalue weighted by molar-refractivity contribution is 7.10. The van der Waals surface area contributed by atoms with Crippen LogP contribution >= 0.6 is 11.3 Å². The number of thiophene rings is 1. The molecule has 2 aromatic heterocycles. The van der Waals surface area contributed by atoms with Crippen LogP contribution in [0.2, 0.25) is 0 Å². The van der Waals surface area contributed by atoms with Crippen molar-refractivity contribution in [2.45, 2.75) is 26.1 Å². The molecule has 0 saturated carbocycles. The first-order valence-corrected chi connectivity index (χ1v) is 6.47. The van der Waals surface area contributed by atoms with Crippen LogP contribution in [0.1, 0.15) is 29.3 Å². The van der Waals surface area contributed by atoms with Gasteiger partial charge in [-0.15, -0.1) is 11.3 Å². The Balaban J connectivity index is 1.99. The zero-order valence-corrected chi connectivity index (χ0v) is 10.9. The number of rotatable bonds is 5. The molecular weight excluding hydrogens is 234 g/mol. The number of aromatic nitrogens is 1. The van der Waals surface area contributed by atoms with Gasteiger partial charge in [0.2, 0.25) is 0 Å². The summed E-state index contributed by atoms with van der Waals surface area (Å²) in [5.74, 6) is 0.858. The molecule has 0 amide bonds. The average molecular weight is 251 g/mol. The molecule has 0 saturated heterocycles. The van der Waals surface area contributed by atoms with E-state index in [-0.39, 0.29) is 0 Å². The molecule has 0 bridgehead atoms. The average Bonchev–Trinajstić information content (AvgIpc) is 2.98. The number of hydrogen-bond acceptors (Lipinski definition) is 5. The molecule has 2 rings (SSSR count). The van der Waals surface area contributed by atoms with Gasteiger partial charge in [-0.05, 0) is 25.4 Å². The highest BCUT2D eigenvalue weighted by atomic mass is 32.1. The fourth-order valence-electron chi connectivity index (χ4n) is 1.66. The van der Waals surface area contributed by atoms with Gasteiger partial charge < -0.3 is 10.3 Å². The van der Waals surface area contributed by atoms with Gasteiger partial charge in [0.1, 0.15) is 0 Å². The van der Waals surface area contributed by atoms with E-state index in [0.717, 1.165) is 18.0 Å². The molecule has 4 nitrogen and oxygen atoms in total. The molecular formula is C12H17N3OS. The van der Waals surface area contributed by atoms with Crippen LogP contribution < -0.4 is 5.73 Å². The maximum absolute atomic E-state index is 5.50. The Labute approximate surface area is 105 Å². The van der Waals surface area contributed by atoms with Crippen LogP contribution in [0.15, 0.2) is 28.1 Å². The lowest BCUT2D eigenvalue weighted by Crippen LogP contribution is -2.20. The van der Waals surface area contributed by atoms with Gasteiger partial charge in [-0.2, -0.15) is 0 Å². The molecule has 0 aromatic carbocycles. The summed E-state index contributed by atoms with van der Waals surface area (Å²) in [5.41, 5.74) is 6.30. The summed E-state index contributed by atoms with van der Waals surface area (Å²) in [5, 5.41) is 5.98. The zero-order chi connectivity index (χ0) is 12.3. The summed E-state index contributed by atoms with van der Waals surface area (Å²) in [6, 6.07) is 6.52. The quantitative estimate of drug-likeness (QED) is 0.886. The topological polar surface area (TPSA) is 55.3 Å². The Hall–Kier alpha value is -1.17. The van der Waals surface area contributed by atoms with Gasteiger partial charge >= 0.3 is 0 Å². The Morgan fingerprint density at radius 3 is 3.00 bits per heavy atom. The van der Waals surface area contributed by atoms with Crippen molar-refractivity contribution in [3.05, 3.63) is 39.9 Å². The van der Waals surface area contributed by atoms with E-state index < -0.39 is 0 Å². The highest BCUT2D eigenvalue weighted by Crippen LogP contribution is 2.24. The molecule has 0 aliphatic carbocycles. The van der Waals surface area contributed by atoms with E-state index in [1.807, 2.05) is 6.07 Å². The number of nitrogens with two attached hydrogens (primary N) is 1. The summed E-state index contributed by atoms with van der Waals surface area (Å²) in [4.78, 5) is 3.58. The van der Waals surface area contributed by atoms with Crippen molar-refractivity contribution in [2.24, 2.45) is 5.73 Å². The van der Waals surface area contributed by atoms with Gasteiger partial charge in [-0.25, -0.2) is 0 Å². The van der Waals surface area contributed by atoms with Crippen LogP contribution in [0, 0.1) is 0 Å². The monoisotopic (exact) mass is 251 g/mol. The first kappa shape index (κ1) is 12.3. The van der Waals surface area contributed by atoms with Gasteiger partial charge in [0, 0.05) is 23.5 Å². The highest BCUT2D eigenvalue weighted by Gasteiger charge is 2.14. The second kappa shape index (κ2) is 5.44. The summed E-state index contributed by atoms with van der Waals surface area (Å²) in [7, 11) is 2.08. The standard InChI is InChI=1S/C12H17N3OS/c1-9(12-4-3-5-17-12)15(2)8-11-6-10(7-13)14-16-11/h3-6,9H,7-8,13H2,1-2H3. The minimum Gasteiger partial charge on any atom is -0.360 e. The Bertz CT molecular complexity index is 452. The fraction of sp³-hybridized carbons (Fsp3) is 0.417. The predicted octanol–water partition coefficient (Wildman–Crippen LogP) is 2.39. The first-order valence-electron chi connectivity index (χ1n) is 5.59. The molecule has 17 heavy (non-hydrogen) atoms. The molecule has 2 heterocycles. The van der Waals surface area contributed by atoms with Crippen LogP contribution in [0.3, 0.4) is 0 Å². The van der Waals surface area contributed by atoms with E-state index in [1.54, 1.807) is 11.3 Å². The molecule has 2 aromatic rings. The number of nitrogens with zero attached hydrogens (tertiary/aromatic N) is 2. The van der Waals surface area contributed by atoms with Gasteiger partial charge in [-0.1, -0.05) is 11.2 Å². The molecule has 0 fully saturated rings. The van der Waals surface area contributed by atoms with Gasteiger partial charge in [0.05, 0.1) is 12.2 Å². The minimum atomic E-state index is 0.376. The van der Waals surface area contributed by atoms with Crippen molar-refractivity contribution in [2.75, 3.05) is 7.05 Å². The second-order valence-corrected chi connectivity index (χ2v) is 5.07. The van der Waals surface area contributed by atoms with E-state index >= 15 is 0 Å². The largest absolute Gasteiger partial charge is 0.360 e. The van der Waals surface area contributed by atoms with Gasteiger partial charge in [0.25, 0.3) is 0 Å². The van der Waals surface area contributed by atoms with E-state index in [9.17, 15) is 0 Å². The van der Waals surface area contributed by atoms with Crippen LogP contribution in [-0.4, -0.2) is 17.1 Å². The van der Waals surface area contributed by atoms with E-state index in [1.165, 1.54) is 4.88 Å². The molecule has 92 valence electrons. The molecule has 0 aliphatic rings. The van der Waals surface area contributed by atoms with Crippen molar-refractivity contribution in [1.29, 1.82) is 0 Å². The maximum Gasteiger partial charge on any atom is 0.151 e. The third kappa shape index (κ3) is 2.94. The Kier molecular flexibility index (Phi) is 3.93. The molecule has 0 radical (unpaired) electrons. The molecule has 1 atom stereocenters. The SMILES string of the molecule is CC(c1cccs1)N(C)Cc1cc(CN)no1. The lowest BCUT2D eigenvalue weighted by Gasteiger charge is -2.22. The van der Waals surface area contributed by atoms with Gasteiger partial charge in [-0.3, -0.25) is 4.90 Å². The minimum absolute atomic E-state index is 0.376. The molecule has 5 heteroatoms. The summed E-state index contributed by atoms with van der Waals surface area (Å²) >= 11 is 1.77. The summed E-state index contributed by atoms with van der Waals surface area (Å²) < 4.78 is 5.23. The van der Waals surface area contributed by atoms with Crippen LogP contribution in [0.25, 0.3) is 0 Å². The second-order valence-electron chi connectivity index (χ2n) is 4.10. The normalized spacial score (nSPS) is 13.2. The van der Waals surface area contributed by atoms with Crippen LogP contribution in [0.4, 0.5) is 0 Å². The Morgan fingerprint density at radius 2 is 2.41 bits per heavy atom. The third-order valence-electron chi connectivity index (χ3n) is 2.84. The van der Waals surface area contributed by atoms with Crippen molar-refractivity contribution in [3.8, 4) is 0 Å². The van der Waals surface area contributed by atoms with Crippen molar-refractivity contribution < 1.29 is 4.52 Å².